The molecular formula is C13H18BrClN2O2S. The predicted octanol–water partition coefficient (Wildman–Crippen LogP) is 2.87. The maximum Gasteiger partial charge on any atom is 0.242 e. The fourth-order valence-corrected chi connectivity index (χ4v) is 4.49. The average Bonchev–Trinajstić information content (AvgIpc) is 2.37. The minimum absolute atomic E-state index is 0.126. The molecule has 0 spiro atoms. The largest absolute Gasteiger partial charge is 0.302 e. The van der Waals surface area contributed by atoms with E-state index in [0.717, 1.165) is 23.9 Å². The number of nitrogens with zero attached hydrogens (tertiary/aromatic N) is 1. The lowest BCUT2D eigenvalue weighted by atomic mass is 10.0. The summed E-state index contributed by atoms with van der Waals surface area (Å²) >= 11 is 9.27. The highest BCUT2D eigenvalue weighted by Gasteiger charge is 2.23. The molecule has 1 aromatic carbocycles. The van der Waals surface area contributed by atoms with Gasteiger partial charge in [0.25, 0.3) is 0 Å². The smallest absolute Gasteiger partial charge is 0.242 e. The van der Waals surface area contributed by atoms with Crippen LogP contribution in [0.3, 0.4) is 0 Å². The molecule has 1 saturated heterocycles. The first-order valence-electron chi connectivity index (χ1n) is 6.55. The lowest BCUT2D eigenvalue weighted by Gasteiger charge is -2.32. The van der Waals surface area contributed by atoms with Gasteiger partial charge >= 0.3 is 0 Å². The summed E-state index contributed by atoms with van der Waals surface area (Å²) < 4.78 is 28.0. The number of halogens is 2. The quantitative estimate of drug-likeness (QED) is 0.872. The Labute approximate surface area is 133 Å². The van der Waals surface area contributed by atoms with Crippen molar-refractivity contribution < 1.29 is 8.42 Å². The highest BCUT2D eigenvalue weighted by molar-refractivity contribution is 9.10. The van der Waals surface area contributed by atoms with Crippen LogP contribution in [0.1, 0.15) is 19.3 Å². The number of benzene rings is 1. The molecular weight excluding hydrogens is 364 g/mol. The van der Waals surface area contributed by atoms with Crippen molar-refractivity contribution in [1.82, 2.24) is 9.62 Å². The molecule has 1 aliphatic heterocycles. The molecule has 1 fully saturated rings. The molecule has 0 radical (unpaired) electrons. The Bertz CT molecular complexity index is 580. The summed E-state index contributed by atoms with van der Waals surface area (Å²) in [6.45, 7) is 1.44. The first-order chi connectivity index (χ1) is 9.40. The maximum atomic E-state index is 12.3. The highest BCUT2D eigenvalue weighted by Crippen LogP contribution is 2.25. The zero-order valence-corrected chi connectivity index (χ0v) is 14.4. The van der Waals surface area contributed by atoms with Crippen LogP contribution in [0.4, 0.5) is 0 Å². The van der Waals surface area contributed by atoms with Crippen molar-refractivity contribution in [3.05, 3.63) is 27.7 Å². The number of likely N-dealkylation sites (tertiary alicyclic amines) is 1. The summed E-state index contributed by atoms with van der Waals surface area (Å²) in [7, 11) is -1.53. The molecule has 20 heavy (non-hydrogen) atoms. The predicted molar refractivity (Wildman–Crippen MR) is 84.6 cm³/mol. The van der Waals surface area contributed by atoms with E-state index in [1.807, 2.05) is 7.05 Å². The summed E-state index contributed by atoms with van der Waals surface area (Å²) in [4.78, 5) is 2.33. The minimum atomic E-state index is -3.56. The van der Waals surface area contributed by atoms with Crippen LogP contribution < -0.4 is 4.72 Å². The van der Waals surface area contributed by atoms with Gasteiger partial charge < -0.3 is 4.90 Å². The van der Waals surface area contributed by atoms with Gasteiger partial charge in [-0.1, -0.05) is 34.0 Å². The van der Waals surface area contributed by atoms with E-state index in [-0.39, 0.29) is 16.0 Å². The van der Waals surface area contributed by atoms with E-state index in [1.165, 1.54) is 12.5 Å². The van der Waals surface area contributed by atoms with Crippen LogP contribution in [0.15, 0.2) is 27.6 Å². The molecule has 1 heterocycles. The molecule has 4 nitrogen and oxygen atoms in total. The number of piperidine rings is 1. The van der Waals surface area contributed by atoms with E-state index in [0.29, 0.717) is 6.54 Å². The normalized spacial score (nSPS) is 21.1. The van der Waals surface area contributed by atoms with Crippen LogP contribution in [0.2, 0.25) is 5.02 Å². The van der Waals surface area contributed by atoms with E-state index >= 15 is 0 Å². The van der Waals surface area contributed by atoms with Crippen LogP contribution in [-0.4, -0.2) is 39.5 Å². The van der Waals surface area contributed by atoms with Gasteiger partial charge in [-0.15, -0.1) is 0 Å². The fourth-order valence-electron chi connectivity index (χ4n) is 2.38. The van der Waals surface area contributed by atoms with E-state index < -0.39 is 10.0 Å². The molecule has 1 N–H and O–H groups in total. The number of sulfonamides is 1. The molecule has 112 valence electrons. The van der Waals surface area contributed by atoms with Crippen LogP contribution >= 0.6 is 27.5 Å². The standard InChI is InChI=1S/C13H18BrClN2O2S/c1-17-7-3-2-4-11(17)9-16-20(18,19)13-6-5-10(14)8-12(13)15/h5-6,8,11,16H,2-4,7,9H2,1H3. The summed E-state index contributed by atoms with van der Waals surface area (Å²) in [5, 5.41) is 0.226. The molecule has 1 unspecified atom stereocenters. The van der Waals surface area contributed by atoms with Gasteiger partial charge in [0, 0.05) is 17.1 Å². The van der Waals surface area contributed by atoms with Crippen molar-refractivity contribution in [2.45, 2.75) is 30.2 Å². The zero-order chi connectivity index (χ0) is 14.8. The van der Waals surface area contributed by atoms with Crippen molar-refractivity contribution in [2.75, 3.05) is 20.1 Å². The average molecular weight is 382 g/mol. The Balaban J connectivity index is 2.07. The van der Waals surface area contributed by atoms with Crippen molar-refractivity contribution in [3.8, 4) is 0 Å². The van der Waals surface area contributed by atoms with Gasteiger partial charge in [-0.2, -0.15) is 0 Å². The van der Waals surface area contributed by atoms with Gasteiger partial charge in [0.15, 0.2) is 0 Å². The lowest BCUT2D eigenvalue weighted by molar-refractivity contribution is 0.187. The first kappa shape index (κ1) is 16.2. The molecule has 0 amide bonds. The van der Waals surface area contributed by atoms with Crippen molar-refractivity contribution in [1.29, 1.82) is 0 Å². The van der Waals surface area contributed by atoms with Crippen molar-refractivity contribution >= 4 is 37.6 Å². The number of nitrogens with one attached hydrogen (secondary N) is 1. The SMILES string of the molecule is CN1CCCCC1CNS(=O)(=O)c1ccc(Br)cc1Cl. The van der Waals surface area contributed by atoms with E-state index in [9.17, 15) is 8.42 Å². The van der Waals surface area contributed by atoms with Crippen LogP contribution in [0.25, 0.3) is 0 Å². The summed E-state index contributed by atoms with van der Waals surface area (Å²) in [6.07, 6.45) is 3.35. The van der Waals surface area contributed by atoms with E-state index in [1.54, 1.807) is 12.1 Å². The lowest BCUT2D eigenvalue weighted by Crippen LogP contribution is -2.44. The van der Waals surface area contributed by atoms with Crippen LogP contribution in [0, 0.1) is 0 Å². The van der Waals surface area contributed by atoms with E-state index in [2.05, 4.69) is 25.6 Å². The Morgan fingerprint density at radius 1 is 1.45 bits per heavy atom. The zero-order valence-electron chi connectivity index (χ0n) is 11.3. The van der Waals surface area contributed by atoms with Crippen LogP contribution in [-0.2, 0) is 10.0 Å². The number of likely N-dealkylation sites (N-methyl/N-ethyl adjacent to an activating group) is 1. The minimum Gasteiger partial charge on any atom is -0.302 e. The fraction of sp³-hybridized carbons (Fsp3) is 0.538. The Hall–Kier alpha value is -0.140. The second-order valence-corrected chi connectivity index (χ2v) is 8.12. The molecule has 0 saturated carbocycles. The summed E-state index contributed by atoms with van der Waals surface area (Å²) in [6, 6.07) is 5.03. The van der Waals surface area contributed by atoms with Crippen molar-refractivity contribution in [3.63, 3.8) is 0 Å². The number of hydrogen-bond acceptors (Lipinski definition) is 3. The van der Waals surface area contributed by atoms with Crippen LogP contribution in [0.5, 0.6) is 0 Å². The molecule has 1 aromatic rings. The van der Waals surface area contributed by atoms with Gasteiger partial charge in [-0.25, -0.2) is 13.1 Å². The molecule has 1 atom stereocenters. The second kappa shape index (κ2) is 6.75. The topological polar surface area (TPSA) is 49.4 Å². The van der Waals surface area contributed by atoms with Crippen molar-refractivity contribution in [2.24, 2.45) is 0 Å². The molecule has 2 rings (SSSR count). The van der Waals surface area contributed by atoms with Gasteiger partial charge in [0.2, 0.25) is 10.0 Å². The summed E-state index contributed by atoms with van der Waals surface area (Å²) in [5.41, 5.74) is 0. The second-order valence-electron chi connectivity index (χ2n) is 5.06. The maximum absolute atomic E-state index is 12.3. The molecule has 0 aromatic heterocycles. The first-order valence-corrected chi connectivity index (χ1v) is 9.20. The Morgan fingerprint density at radius 2 is 2.20 bits per heavy atom. The third kappa shape index (κ3) is 3.95. The van der Waals surface area contributed by atoms with Gasteiger partial charge in [0.1, 0.15) is 4.90 Å². The molecule has 7 heteroatoms. The third-order valence-electron chi connectivity index (χ3n) is 3.61. The molecule has 0 bridgehead atoms. The van der Waals surface area contributed by atoms with Gasteiger partial charge in [0.05, 0.1) is 5.02 Å². The third-order valence-corrected chi connectivity index (χ3v) is 6.01. The monoisotopic (exact) mass is 380 g/mol. The Morgan fingerprint density at radius 3 is 2.85 bits per heavy atom. The van der Waals surface area contributed by atoms with E-state index in [4.69, 9.17) is 11.6 Å². The van der Waals surface area contributed by atoms with Gasteiger partial charge in [-0.05, 0) is 44.6 Å². The Kier molecular flexibility index (Phi) is 5.48. The number of rotatable bonds is 4. The molecule has 1 aliphatic rings. The summed E-state index contributed by atoms with van der Waals surface area (Å²) in [5.74, 6) is 0. The number of hydrogen-bond donors (Lipinski definition) is 1. The highest BCUT2D eigenvalue weighted by atomic mass is 79.9. The van der Waals surface area contributed by atoms with Gasteiger partial charge in [-0.3, -0.25) is 0 Å². The molecule has 0 aliphatic carbocycles.